The van der Waals surface area contributed by atoms with E-state index in [-0.39, 0.29) is 57.2 Å². The van der Waals surface area contributed by atoms with Gasteiger partial charge in [-0.1, -0.05) is 30.3 Å². The Morgan fingerprint density at radius 1 is 0.844 bits per heavy atom. The third-order valence-corrected chi connectivity index (χ3v) is 6.31. The van der Waals surface area contributed by atoms with Crippen molar-refractivity contribution in [3.63, 3.8) is 0 Å². The van der Waals surface area contributed by atoms with Crippen LogP contribution in [-0.2, 0) is 14.8 Å². The minimum atomic E-state index is -3.16. The number of carboxylic acids is 1. The number of rotatable bonds is 7. The molecule has 1 aliphatic heterocycles. The van der Waals surface area contributed by atoms with Crippen molar-refractivity contribution in [3.05, 3.63) is 77.4 Å². The summed E-state index contributed by atoms with van der Waals surface area (Å²) in [4.78, 5) is 25.1. The molecular formula is C23H25KN2O5S. The van der Waals surface area contributed by atoms with Crippen molar-refractivity contribution in [2.24, 2.45) is 0 Å². The fourth-order valence-corrected chi connectivity index (χ4v) is 4.09. The van der Waals surface area contributed by atoms with Crippen LogP contribution in [0.3, 0.4) is 0 Å². The Labute approximate surface area is 230 Å². The van der Waals surface area contributed by atoms with E-state index in [1.807, 2.05) is 24.3 Å². The summed E-state index contributed by atoms with van der Waals surface area (Å²) in [6.45, 7) is 2.12. The molecule has 7 nitrogen and oxygen atoms in total. The normalized spacial score (nSPS) is 15.1. The average Bonchev–Trinajstić information content (AvgIpc) is 2.76. The van der Waals surface area contributed by atoms with Crippen LogP contribution in [0.5, 0.6) is 0 Å². The summed E-state index contributed by atoms with van der Waals surface area (Å²) in [5.74, 6) is -1.12. The van der Waals surface area contributed by atoms with Gasteiger partial charge in [0.15, 0.2) is 5.78 Å². The molecule has 0 radical (unpaired) electrons. The zero-order valence-corrected chi connectivity index (χ0v) is 18.0. The van der Waals surface area contributed by atoms with Crippen molar-refractivity contribution < 1.29 is 23.1 Å². The monoisotopic (exact) mass is 480 g/mol. The quantitative estimate of drug-likeness (QED) is 0.371. The molecule has 2 aromatic carbocycles. The second-order valence-electron chi connectivity index (χ2n) is 7.23. The third-order valence-electron chi connectivity index (χ3n) is 5.01. The van der Waals surface area contributed by atoms with Crippen LogP contribution in [0.2, 0.25) is 0 Å². The number of piperazine rings is 1. The van der Waals surface area contributed by atoms with Crippen molar-refractivity contribution in [3.8, 4) is 0 Å². The van der Waals surface area contributed by atoms with Crippen LogP contribution < -0.4 is 4.90 Å². The van der Waals surface area contributed by atoms with Gasteiger partial charge in [0, 0.05) is 43.5 Å². The van der Waals surface area contributed by atoms with E-state index in [0.29, 0.717) is 31.7 Å². The first-order valence-electron chi connectivity index (χ1n) is 9.76. The van der Waals surface area contributed by atoms with Gasteiger partial charge in [0.1, 0.15) is 0 Å². The van der Waals surface area contributed by atoms with Gasteiger partial charge in [0.2, 0.25) is 10.0 Å². The number of aliphatic carboxylic acids is 1. The first-order valence-corrected chi connectivity index (χ1v) is 11.6. The Morgan fingerprint density at radius 3 is 1.81 bits per heavy atom. The Bertz CT molecular complexity index is 1100. The van der Waals surface area contributed by atoms with E-state index in [2.05, 4.69) is 4.90 Å². The number of carbonyl (C=O) groups excluding carboxylic acids is 1. The van der Waals surface area contributed by atoms with Gasteiger partial charge in [-0.3, -0.25) is 4.79 Å². The fraction of sp³-hybridized carbons (Fsp3) is 0.217. The van der Waals surface area contributed by atoms with Gasteiger partial charge in [-0.2, -0.15) is 4.31 Å². The number of allylic oxidation sites excluding steroid dienone is 1. The zero-order valence-electron chi connectivity index (χ0n) is 17.1. The molecule has 0 unspecified atom stereocenters. The van der Waals surface area contributed by atoms with Gasteiger partial charge >= 0.3 is 57.4 Å². The summed E-state index contributed by atoms with van der Waals surface area (Å²) < 4.78 is 24.7. The standard InChI is InChI=1S/C23H24N2O5S.K.H/c1-31(29,30)25-16-14-24(15-17-25)21-10-8-20(9-11-21)22(26)12-6-18-2-4-19(5-3-18)7-13-23(27)28;;/h2-13H,14-17H2,1H3,(H,27,28);;/b12-6+,13-7+;;. The molecule has 0 spiro atoms. The molecule has 1 N–H and O–H groups in total. The number of anilines is 1. The summed E-state index contributed by atoms with van der Waals surface area (Å²) in [6.07, 6.45) is 7.02. The number of carboxylic acid groups (broad SMARTS) is 1. The Hall–Kier alpha value is -1.59. The summed E-state index contributed by atoms with van der Waals surface area (Å²) in [6, 6.07) is 14.5. The summed E-state index contributed by atoms with van der Waals surface area (Å²) in [5.41, 5.74) is 3.12. The summed E-state index contributed by atoms with van der Waals surface area (Å²) in [7, 11) is -3.16. The molecule has 1 saturated heterocycles. The number of hydrogen-bond acceptors (Lipinski definition) is 5. The van der Waals surface area contributed by atoms with Gasteiger partial charge in [-0.15, -0.1) is 0 Å². The molecule has 0 saturated carbocycles. The maximum absolute atomic E-state index is 12.5. The minimum absolute atomic E-state index is 0. The van der Waals surface area contributed by atoms with Crippen LogP contribution in [0.4, 0.5) is 5.69 Å². The number of sulfonamides is 1. The summed E-state index contributed by atoms with van der Waals surface area (Å²) >= 11 is 0. The van der Waals surface area contributed by atoms with Crippen LogP contribution in [0.15, 0.2) is 60.7 Å². The maximum atomic E-state index is 12.5. The van der Waals surface area contributed by atoms with E-state index >= 15 is 0 Å². The van der Waals surface area contributed by atoms with Gasteiger partial charge in [-0.25, -0.2) is 13.2 Å². The van der Waals surface area contributed by atoms with Gasteiger partial charge in [0.25, 0.3) is 0 Å². The van der Waals surface area contributed by atoms with Gasteiger partial charge < -0.3 is 10.0 Å². The Balaban J connectivity index is 0.00000363. The molecule has 164 valence electrons. The molecule has 1 heterocycles. The van der Waals surface area contributed by atoms with E-state index in [1.165, 1.54) is 22.7 Å². The molecule has 1 aliphatic rings. The molecule has 0 amide bonds. The molecule has 0 bridgehead atoms. The molecule has 0 aliphatic carbocycles. The third kappa shape index (κ3) is 7.77. The number of benzene rings is 2. The molecule has 0 atom stereocenters. The predicted molar refractivity (Wildman–Crippen MR) is 129 cm³/mol. The number of ketones is 1. The van der Waals surface area contributed by atoms with Crippen LogP contribution >= 0.6 is 0 Å². The average molecular weight is 481 g/mol. The van der Waals surface area contributed by atoms with Gasteiger partial charge in [0.05, 0.1) is 6.26 Å². The molecule has 32 heavy (non-hydrogen) atoms. The fourth-order valence-electron chi connectivity index (χ4n) is 3.27. The van der Waals surface area contributed by atoms with Crippen LogP contribution in [-0.4, -0.2) is 113 Å². The topological polar surface area (TPSA) is 95.0 Å². The van der Waals surface area contributed by atoms with Crippen molar-refractivity contribution in [2.75, 3.05) is 37.3 Å². The van der Waals surface area contributed by atoms with Crippen molar-refractivity contribution in [1.29, 1.82) is 0 Å². The molecule has 9 heteroatoms. The Morgan fingerprint density at radius 2 is 1.34 bits per heavy atom. The summed E-state index contributed by atoms with van der Waals surface area (Å²) in [5, 5.41) is 8.65. The SMILES string of the molecule is CS(=O)(=O)N1CCN(c2ccc(C(=O)/C=C/c3ccc(/C=C/C(=O)O)cc3)cc2)CC1.[KH]. The first kappa shape index (κ1) is 26.7. The predicted octanol–water partition coefficient (Wildman–Crippen LogP) is 2.11. The second-order valence-corrected chi connectivity index (χ2v) is 9.21. The number of nitrogens with zero attached hydrogens (tertiary/aromatic N) is 2. The van der Waals surface area contributed by atoms with Crippen LogP contribution in [0.25, 0.3) is 12.2 Å². The van der Waals surface area contributed by atoms with Crippen molar-refractivity contribution >= 4 is 91.0 Å². The molecule has 3 rings (SSSR count). The van der Waals surface area contributed by atoms with Crippen molar-refractivity contribution in [1.82, 2.24) is 4.31 Å². The van der Waals surface area contributed by atoms with Crippen LogP contribution in [0.1, 0.15) is 21.5 Å². The van der Waals surface area contributed by atoms with Crippen molar-refractivity contribution in [2.45, 2.75) is 0 Å². The van der Waals surface area contributed by atoms with E-state index in [4.69, 9.17) is 5.11 Å². The zero-order chi connectivity index (χ0) is 22.4. The number of hydrogen-bond donors (Lipinski definition) is 1. The molecule has 1 fully saturated rings. The first-order chi connectivity index (χ1) is 14.7. The molecule has 0 aromatic heterocycles. The van der Waals surface area contributed by atoms with E-state index in [1.54, 1.807) is 30.3 Å². The van der Waals surface area contributed by atoms with E-state index in [9.17, 15) is 18.0 Å². The number of carbonyl (C=O) groups is 2. The van der Waals surface area contributed by atoms with E-state index in [0.717, 1.165) is 22.9 Å². The van der Waals surface area contributed by atoms with E-state index < -0.39 is 16.0 Å². The van der Waals surface area contributed by atoms with Gasteiger partial charge in [-0.05, 0) is 47.5 Å². The molecular weight excluding hydrogens is 455 g/mol. The van der Waals surface area contributed by atoms with Crippen LogP contribution in [0, 0.1) is 0 Å². The molecule has 2 aromatic rings. The Kier molecular flexibility index (Phi) is 10.0. The second kappa shape index (κ2) is 12.0.